The van der Waals surface area contributed by atoms with Gasteiger partial charge in [0.15, 0.2) is 0 Å². The van der Waals surface area contributed by atoms with E-state index < -0.39 is 13.4 Å². The Labute approximate surface area is 176 Å². The SMILES string of the molecule is CCOC(=O)N(C(S)=C(C#N)C[P+](C(C)C)(C(C)C)C(C)C)c1ccccc1. The van der Waals surface area contributed by atoms with Crippen LogP contribution in [0.3, 0.4) is 0 Å². The Morgan fingerprint density at radius 1 is 1.11 bits per heavy atom. The molecule has 0 aliphatic rings. The standard InChI is InChI=1S/C22H33N2O2PS/c1-8-26-22(25)24(20-12-10-9-11-13-20)21(28)19(14-23)15-27(16(2)3,17(4)5)18(6)7/h9-13,16-18H,8,15H2,1-7H3/p+1. The first-order valence-corrected chi connectivity index (χ1v) is 12.5. The first-order chi connectivity index (χ1) is 13.1. The Balaban J connectivity index is 3.54. The van der Waals surface area contributed by atoms with E-state index in [9.17, 15) is 10.1 Å². The summed E-state index contributed by atoms with van der Waals surface area (Å²) in [6.45, 7) is 15.5. The van der Waals surface area contributed by atoms with Crippen molar-refractivity contribution in [2.45, 2.75) is 65.4 Å². The molecule has 0 aliphatic heterocycles. The van der Waals surface area contributed by atoms with Crippen LogP contribution in [0.15, 0.2) is 40.9 Å². The Kier molecular flexibility index (Phi) is 9.54. The number of carbonyl (C=O) groups is 1. The molecule has 0 aromatic heterocycles. The molecule has 0 bridgehead atoms. The summed E-state index contributed by atoms with van der Waals surface area (Å²) in [6, 6.07) is 11.6. The number of para-hydroxylation sites is 1. The Bertz CT molecular complexity index is 702. The maximum absolute atomic E-state index is 12.7. The minimum absolute atomic E-state index is 0.256. The molecule has 1 amide bonds. The number of rotatable bonds is 8. The van der Waals surface area contributed by atoms with Crippen LogP contribution in [0.25, 0.3) is 0 Å². The summed E-state index contributed by atoms with van der Waals surface area (Å²) in [5.74, 6) is 0. The predicted octanol–water partition coefficient (Wildman–Crippen LogP) is 6.56. The summed E-state index contributed by atoms with van der Waals surface area (Å²) in [4.78, 5) is 14.1. The number of nitriles is 1. The predicted molar refractivity (Wildman–Crippen MR) is 125 cm³/mol. The molecule has 154 valence electrons. The van der Waals surface area contributed by atoms with Crippen molar-refractivity contribution >= 4 is 31.7 Å². The van der Waals surface area contributed by atoms with E-state index in [0.717, 1.165) is 0 Å². The quantitative estimate of drug-likeness (QED) is 0.294. The van der Waals surface area contributed by atoms with Gasteiger partial charge in [-0.2, -0.15) is 5.26 Å². The summed E-state index contributed by atoms with van der Waals surface area (Å²) in [5.41, 5.74) is 2.62. The van der Waals surface area contributed by atoms with Crippen LogP contribution in [0.5, 0.6) is 0 Å². The van der Waals surface area contributed by atoms with Gasteiger partial charge in [0, 0.05) is 7.26 Å². The number of benzene rings is 1. The number of ether oxygens (including phenoxy) is 1. The summed E-state index contributed by atoms with van der Waals surface area (Å²) in [7, 11) is -1.52. The number of allylic oxidation sites excluding steroid dienone is 1. The summed E-state index contributed by atoms with van der Waals surface area (Å²) in [5, 5.41) is 10.4. The Morgan fingerprint density at radius 3 is 2.00 bits per heavy atom. The number of nitrogens with zero attached hydrogens (tertiary/aromatic N) is 2. The molecule has 0 unspecified atom stereocenters. The smallest absolute Gasteiger partial charge is 0.419 e. The van der Waals surface area contributed by atoms with Gasteiger partial charge in [-0.3, -0.25) is 0 Å². The number of thiol groups is 1. The average molecular weight is 422 g/mol. The zero-order valence-corrected chi connectivity index (χ0v) is 19.9. The van der Waals surface area contributed by atoms with Gasteiger partial charge in [0.05, 0.1) is 41.0 Å². The van der Waals surface area contributed by atoms with E-state index in [1.165, 1.54) is 4.90 Å². The minimum atomic E-state index is -1.52. The van der Waals surface area contributed by atoms with Crippen molar-refractivity contribution in [3.05, 3.63) is 40.9 Å². The largest absolute Gasteiger partial charge is 0.449 e. The molecule has 1 aromatic carbocycles. The van der Waals surface area contributed by atoms with Crippen molar-refractivity contribution in [2.24, 2.45) is 0 Å². The molecule has 0 spiro atoms. The highest BCUT2D eigenvalue weighted by molar-refractivity contribution is 7.84. The van der Waals surface area contributed by atoms with Gasteiger partial charge < -0.3 is 4.74 Å². The maximum atomic E-state index is 12.7. The number of anilines is 1. The molecule has 6 heteroatoms. The van der Waals surface area contributed by atoms with Crippen molar-refractivity contribution in [1.82, 2.24) is 0 Å². The first-order valence-electron chi connectivity index (χ1n) is 9.84. The van der Waals surface area contributed by atoms with E-state index >= 15 is 0 Å². The molecule has 1 aromatic rings. The Hall–Kier alpha value is -1.50. The number of amides is 1. The molecule has 0 N–H and O–H groups in total. The first kappa shape index (κ1) is 24.5. The van der Waals surface area contributed by atoms with Crippen LogP contribution in [-0.2, 0) is 4.74 Å². The van der Waals surface area contributed by atoms with E-state index in [1.54, 1.807) is 6.92 Å². The zero-order chi connectivity index (χ0) is 21.5. The van der Waals surface area contributed by atoms with E-state index in [1.807, 2.05) is 30.3 Å². The van der Waals surface area contributed by atoms with Gasteiger partial charge in [0.25, 0.3) is 0 Å². The van der Waals surface area contributed by atoms with Gasteiger partial charge >= 0.3 is 6.09 Å². The lowest BCUT2D eigenvalue weighted by Gasteiger charge is -2.38. The second-order valence-corrected chi connectivity index (χ2v) is 13.5. The molecule has 0 saturated carbocycles. The molecule has 0 saturated heterocycles. The number of carbonyl (C=O) groups excluding carboxylic acids is 1. The van der Waals surface area contributed by atoms with Gasteiger partial charge in [-0.25, -0.2) is 9.69 Å². The van der Waals surface area contributed by atoms with Gasteiger partial charge in [0.1, 0.15) is 11.1 Å². The second-order valence-electron chi connectivity index (χ2n) is 7.72. The molecule has 0 atom stereocenters. The highest BCUT2D eigenvalue weighted by Gasteiger charge is 2.48. The van der Waals surface area contributed by atoms with Crippen LogP contribution in [0.2, 0.25) is 0 Å². The molecule has 0 fully saturated rings. The molecule has 0 heterocycles. The lowest BCUT2D eigenvalue weighted by atomic mass is 10.3. The highest BCUT2D eigenvalue weighted by atomic mass is 32.1. The van der Waals surface area contributed by atoms with Crippen molar-refractivity contribution in [3.63, 3.8) is 0 Å². The lowest BCUT2D eigenvalue weighted by molar-refractivity contribution is 0.162. The maximum Gasteiger partial charge on any atom is 0.419 e. The minimum Gasteiger partial charge on any atom is -0.449 e. The Morgan fingerprint density at radius 2 is 1.61 bits per heavy atom. The number of hydrogen-bond donors (Lipinski definition) is 1. The lowest BCUT2D eigenvalue weighted by Crippen LogP contribution is -2.32. The fourth-order valence-electron chi connectivity index (χ4n) is 3.98. The molecule has 0 aliphatic carbocycles. The van der Waals surface area contributed by atoms with Crippen LogP contribution >= 0.6 is 19.9 Å². The van der Waals surface area contributed by atoms with E-state index in [-0.39, 0.29) is 6.61 Å². The van der Waals surface area contributed by atoms with Gasteiger partial charge in [-0.1, -0.05) is 18.2 Å². The average Bonchev–Trinajstić information content (AvgIpc) is 2.63. The van der Waals surface area contributed by atoms with Crippen LogP contribution in [0.4, 0.5) is 10.5 Å². The third kappa shape index (κ3) is 5.31. The third-order valence-electron chi connectivity index (χ3n) is 5.40. The second kappa shape index (κ2) is 10.9. The molecule has 4 nitrogen and oxygen atoms in total. The fraction of sp³-hybridized carbons (Fsp3) is 0.545. The van der Waals surface area contributed by atoms with Gasteiger partial charge in [0.2, 0.25) is 0 Å². The molecule has 0 radical (unpaired) electrons. The van der Waals surface area contributed by atoms with Crippen molar-refractivity contribution in [3.8, 4) is 6.07 Å². The van der Waals surface area contributed by atoms with Crippen LogP contribution < -0.4 is 4.90 Å². The van der Waals surface area contributed by atoms with Gasteiger partial charge in [-0.05, 0) is 60.6 Å². The summed E-state index contributed by atoms with van der Waals surface area (Å²) < 4.78 is 5.25. The third-order valence-corrected chi connectivity index (χ3v) is 12.5. The topological polar surface area (TPSA) is 53.3 Å². The molecular formula is C22H34N2O2PS+. The monoisotopic (exact) mass is 421 g/mol. The van der Waals surface area contributed by atoms with Crippen molar-refractivity contribution in [1.29, 1.82) is 5.26 Å². The zero-order valence-electron chi connectivity index (χ0n) is 18.1. The summed E-state index contributed by atoms with van der Waals surface area (Å²) >= 11 is 4.66. The van der Waals surface area contributed by atoms with E-state index in [2.05, 4.69) is 60.2 Å². The van der Waals surface area contributed by atoms with Crippen molar-refractivity contribution in [2.75, 3.05) is 17.7 Å². The molecule has 1 rings (SSSR count). The highest BCUT2D eigenvalue weighted by Crippen LogP contribution is 2.71. The summed E-state index contributed by atoms with van der Waals surface area (Å²) in [6.07, 6.45) is 0.145. The number of hydrogen-bond acceptors (Lipinski definition) is 4. The fourth-order valence-corrected chi connectivity index (χ4v) is 9.87. The molecule has 28 heavy (non-hydrogen) atoms. The van der Waals surface area contributed by atoms with E-state index in [4.69, 9.17) is 4.74 Å². The van der Waals surface area contributed by atoms with Gasteiger partial charge in [-0.15, -0.1) is 12.6 Å². The normalized spacial score (nSPS) is 12.8. The van der Waals surface area contributed by atoms with Crippen LogP contribution in [0, 0.1) is 11.3 Å². The van der Waals surface area contributed by atoms with Crippen LogP contribution in [-0.4, -0.2) is 35.8 Å². The van der Waals surface area contributed by atoms with E-state index in [0.29, 0.717) is 39.4 Å². The van der Waals surface area contributed by atoms with Crippen LogP contribution in [0.1, 0.15) is 48.5 Å². The van der Waals surface area contributed by atoms with Crippen molar-refractivity contribution < 1.29 is 9.53 Å². The molecular weight excluding hydrogens is 387 g/mol.